The molecule has 4 aliphatic rings. The molecule has 11 atom stereocenters. The lowest BCUT2D eigenvalue weighted by atomic mass is 9.75. The first-order valence-corrected chi connectivity index (χ1v) is 19.8. The second-order valence-corrected chi connectivity index (χ2v) is 15.7. The van der Waals surface area contributed by atoms with Crippen molar-refractivity contribution < 1.29 is 143 Å². The minimum Gasteiger partial charge on any atom is -0.504 e. The minimum atomic E-state index is -2.71. The van der Waals surface area contributed by atoms with Gasteiger partial charge in [0.1, 0.15) is 6.10 Å². The van der Waals surface area contributed by atoms with Crippen molar-refractivity contribution >= 4 is 53.7 Å². The highest BCUT2D eigenvalue weighted by Gasteiger charge is 2.59. The molecule has 372 valence electrons. The maximum absolute atomic E-state index is 14.7. The standard InChI is InChI=1S/C41H34O29/c42-7-17-29-32(68-39(62)12(6-19(49)50)23-20-9(3-15(45)25(52)27(20)54)36(59)67-31(23)34(56)57)33(41(64-17)70-35(58)8-1-13(43)24(51)14(44)2-8)69-37(60)10-4-16(46)26(53)30-22(10)21(28(55)40(63)66-30)11(5-18(47)48)38(61)65-29/h1-4,11-12,17,21,23,28-29,31-33,41-46,51-55H,5-7H2,(H,47,48)(H,49,50)(H,56,57). The first-order chi connectivity index (χ1) is 32.9. The lowest BCUT2D eigenvalue weighted by Crippen LogP contribution is -2.63. The van der Waals surface area contributed by atoms with Crippen LogP contribution in [0.2, 0.25) is 0 Å². The van der Waals surface area contributed by atoms with E-state index in [9.17, 15) is 110 Å². The second kappa shape index (κ2) is 18.3. The largest absolute Gasteiger partial charge is 0.504 e. The zero-order valence-electron chi connectivity index (χ0n) is 34.6. The summed E-state index contributed by atoms with van der Waals surface area (Å²) in [6.07, 6.45) is -21.0. The van der Waals surface area contributed by atoms with E-state index in [1.807, 2.05) is 0 Å². The number of ether oxygens (including phenoxy) is 7. The number of aromatic hydroxyl groups is 8. The quantitative estimate of drug-likeness (QED) is 0.0437. The van der Waals surface area contributed by atoms with Gasteiger partial charge in [0.05, 0.1) is 53.9 Å². The molecule has 13 N–H and O–H groups in total. The average molecular weight is 991 g/mol. The number of phenols is 8. The number of fused-ring (bicyclic) bond motifs is 3. The molecule has 11 unspecified atom stereocenters. The number of hydrogen-bond donors (Lipinski definition) is 13. The van der Waals surface area contributed by atoms with Crippen LogP contribution < -0.4 is 4.74 Å². The fraction of sp³-hybridized carbons (Fsp3) is 0.341. The fourth-order valence-corrected chi connectivity index (χ4v) is 8.46. The Morgan fingerprint density at radius 2 is 1.24 bits per heavy atom. The van der Waals surface area contributed by atoms with Gasteiger partial charge in [0.25, 0.3) is 0 Å². The van der Waals surface area contributed by atoms with Crippen molar-refractivity contribution in [1.82, 2.24) is 0 Å². The molecule has 3 aromatic carbocycles. The van der Waals surface area contributed by atoms with E-state index in [0.717, 1.165) is 0 Å². The lowest BCUT2D eigenvalue weighted by Gasteiger charge is -2.44. The van der Waals surface area contributed by atoms with E-state index in [2.05, 4.69) is 0 Å². The number of aliphatic hydroxyl groups excluding tert-OH is 2. The molecule has 0 aromatic heterocycles. The molecule has 1 saturated heterocycles. The Morgan fingerprint density at radius 3 is 1.83 bits per heavy atom. The van der Waals surface area contributed by atoms with Gasteiger partial charge in [-0.3, -0.25) is 19.2 Å². The van der Waals surface area contributed by atoms with Gasteiger partial charge in [-0.05, 0) is 24.3 Å². The van der Waals surface area contributed by atoms with Crippen LogP contribution in [0.4, 0.5) is 0 Å². The van der Waals surface area contributed by atoms with Gasteiger partial charge in [-0.1, -0.05) is 0 Å². The molecule has 7 rings (SSSR count). The minimum absolute atomic E-state index is 0.397. The number of carbonyl (C=O) groups excluding carboxylic acids is 6. The smallest absolute Gasteiger partial charge is 0.345 e. The first-order valence-electron chi connectivity index (χ1n) is 19.8. The van der Waals surface area contributed by atoms with Gasteiger partial charge in [0.2, 0.25) is 30.0 Å². The maximum atomic E-state index is 14.7. The molecule has 0 radical (unpaired) electrons. The molecule has 70 heavy (non-hydrogen) atoms. The van der Waals surface area contributed by atoms with Crippen LogP contribution in [0.5, 0.6) is 51.7 Å². The highest BCUT2D eigenvalue weighted by atomic mass is 16.7. The Morgan fingerprint density at radius 1 is 0.657 bits per heavy atom. The van der Waals surface area contributed by atoms with Crippen LogP contribution in [-0.4, -0.2) is 170 Å². The average Bonchev–Trinajstić information content (AvgIpc) is 3.29. The van der Waals surface area contributed by atoms with E-state index in [1.54, 1.807) is 0 Å². The molecular formula is C41H34O29. The molecule has 0 spiro atoms. The molecule has 0 saturated carbocycles. The Hall–Kier alpha value is -8.83. The number of carboxylic acids is 3. The van der Waals surface area contributed by atoms with Crippen LogP contribution in [0.1, 0.15) is 66.9 Å². The van der Waals surface area contributed by atoms with Crippen LogP contribution in [0.25, 0.3) is 0 Å². The molecule has 2 bridgehead atoms. The number of phenolic OH excluding ortho intramolecular Hbond substituents is 8. The zero-order chi connectivity index (χ0) is 51.5. The molecular weight excluding hydrogens is 956 g/mol. The Kier molecular flexibility index (Phi) is 12.9. The predicted molar refractivity (Wildman–Crippen MR) is 208 cm³/mol. The van der Waals surface area contributed by atoms with Crippen LogP contribution >= 0.6 is 0 Å². The normalized spacial score (nSPS) is 26.3. The van der Waals surface area contributed by atoms with Gasteiger partial charge in [-0.15, -0.1) is 0 Å². The van der Waals surface area contributed by atoms with Crippen LogP contribution in [0.15, 0.2) is 24.3 Å². The molecule has 4 aliphatic heterocycles. The number of benzene rings is 3. The van der Waals surface area contributed by atoms with E-state index in [0.29, 0.717) is 24.3 Å². The van der Waals surface area contributed by atoms with Gasteiger partial charge in [-0.2, -0.15) is 0 Å². The summed E-state index contributed by atoms with van der Waals surface area (Å²) < 4.78 is 37.8. The van der Waals surface area contributed by atoms with Crippen molar-refractivity contribution in [2.45, 2.75) is 67.6 Å². The molecule has 3 aromatic rings. The van der Waals surface area contributed by atoms with E-state index >= 15 is 0 Å². The summed E-state index contributed by atoms with van der Waals surface area (Å²) in [5.41, 5.74) is -4.73. The number of rotatable bonds is 11. The van der Waals surface area contributed by atoms with Crippen molar-refractivity contribution in [1.29, 1.82) is 0 Å². The van der Waals surface area contributed by atoms with Crippen LogP contribution in [-0.2, 0) is 57.2 Å². The van der Waals surface area contributed by atoms with Crippen LogP contribution in [0.3, 0.4) is 0 Å². The topological polar surface area (TPSA) is 481 Å². The third kappa shape index (κ3) is 8.53. The van der Waals surface area contributed by atoms with Crippen LogP contribution in [0, 0.1) is 11.8 Å². The second-order valence-electron chi connectivity index (χ2n) is 15.7. The van der Waals surface area contributed by atoms with E-state index < -0.39 is 219 Å². The monoisotopic (exact) mass is 990 g/mol. The summed E-state index contributed by atoms with van der Waals surface area (Å²) in [5, 5.41) is 135. The summed E-state index contributed by atoms with van der Waals surface area (Å²) in [5.74, 6) is -37.4. The first kappa shape index (κ1) is 49.1. The van der Waals surface area contributed by atoms with Gasteiger partial charge in [-0.25, -0.2) is 24.0 Å². The van der Waals surface area contributed by atoms with Crippen molar-refractivity contribution in [2.75, 3.05) is 6.61 Å². The SMILES string of the molecule is O=C(O)CC1C(=O)OC2C(CO)OC(OC(=O)c3cc(O)c(O)c(O)c3)C(OC(=O)c3cc(O)c(O)c4c3C1C(O)C(=O)O4)C2OC(=O)C(CC(=O)O)C1c2c(cc(O)c(O)c2O)C(=O)OC1C(=O)O. The fourth-order valence-electron chi connectivity index (χ4n) is 8.46. The summed E-state index contributed by atoms with van der Waals surface area (Å²) >= 11 is 0. The van der Waals surface area contributed by atoms with Gasteiger partial charge in [0.15, 0.2) is 58.6 Å². The summed E-state index contributed by atoms with van der Waals surface area (Å²) in [4.78, 5) is 121. The summed E-state index contributed by atoms with van der Waals surface area (Å²) in [6.45, 7) is -1.42. The van der Waals surface area contributed by atoms with Gasteiger partial charge in [0, 0.05) is 17.0 Å². The molecule has 4 heterocycles. The Labute approximate surface area is 385 Å². The highest BCUT2D eigenvalue weighted by Crippen LogP contribution is 2.53. The van der Waals surface area contributed by atoms with Gasteiger partial charge < -0.3 is 99.5 Å². The Balaban J connectivity index is 1.45. The number of carbonyl (C=O) groups is 9. The van der Waals surface area contributed by atoms with Crippen molar-refractivity contribution in [3.05, 3.63) is 52.1 Å². The molecule has 1 fully saturated rings. The number of esters is 6. The number of carboxylic acid groups (broad SMARTS) is 3. The van der Waals surface area contributed by atoms with E-state index in [-0.39, 0.29) is 0 Å². The molecule has 0 aliphatic carbocycles. The number of aliphatic hydroxyl groups is 2. The van der Waals surface area contributed by atoms with Crippen molar-refractivity contribution in [3.63, 3.8) is 0 Å². The lowest BCUT2D eigenvalue weighted by molar-refractivity contribution is -0.292. The number of hydrogen-bond acceptors (Lipinski definition) is 26. The number of aliphatic carboxylic acids is 3. The van der Waals surface area contributed by atoms with Gasteiger partial charge >= 0.3 is 53.7 Å². The molecule has 29 nitrogen and oxygen atoms in total. The Bertz CT molecular complexity index is 2760. The maximum Gasteiger partial charge on any atom is 0.345 e. The number of cyclic esters (lactones) is 1. The van der Waals surface area contributed by atoms with E-state index in [4.69, 9.17) is 33.2 Å². The predicted octanol–water partition coefficient (Wildman–Crippen LogP) is -1.78. The molecule has 29 heteroatoms. The summed E-state index contributed by atoms with van der Waals surface area (Å²) in [7, 11) is 0. The third-order valence-electron chi connectivity index (χ3n) is 11.6. The highest BCUT2D eigenvalue weighted by molar-refractivity contribution is 5.99. The van der Waals surface area contributed by atoms with Crippen molar-refractivity contribution in [2.24, 2.45) is 11.8 Å². The van der Waals surface area contributed by atoms with E-state index in [1.165, 1.54) is 0 Å². The summed E-state index contributed by atoms with van der Waals surface area (Å²) in [6, 6.07) is 1.90. The third-order valence-corrected chi connectivity index (χ3v) is 11.6. The van der Waals surface area contributed by atoms with Crippen molar-refractivity contribution in [3.8, 4) is 51.7 Å². The zero-order valence-corrected chi connectivity index (χ0v) is 34.6. The molecule has 0 amide bonds.